The summed E-state index contributed by atoms with van der Waals surface area (Å²) in [6.45, 7) is 0.752. The maximum Gasteiger partial charge on any atom is 0.371 e. The third-order valence-electron chi connectivity index (χ3n) is 0.854. The minimum atomic E-state index is -1.38. The number of ketones is 1. The van der Waals surface area contributed by atoms with Crippen LogP contribution in [0.15, 0.2) is 0 Å². The molecule has 9 heteroatoms. The molecule has 9 nitrogen and oxygen atoms in total. The minimum absolute atomic E-state index is 0.250. The average molecular weight is 252 g/mol. The van der Waals surface area contributed by atoms with Crippen LogP contribution in [0.2, 0.25) is 0 Å². The molecule has 0 heterocycles. The molecule has 0 amide bonds. The van der Waals surface area contributed by atoms with Crippen molar-refractivity contribution in [1.29, 1.82) is 0 Å². The smallest absolute Gasteiger partial charge is 0.371 e. The van der Waals surface area contributed by atoms with Crippen molar-refractivity contribution in [3.8, 4) is 0 Å². The third kappa shape index (κ3) is 42.1. The summed E-state index contributed by atoms with van der Waals surface area (Å²) in [6, 6.07) is 0. The summed E-state index contributed by atoms with van der Waals surface area (Å²) >= 11 is 0. The number of carbonyl (C=O) groups is 5. The van der Waals surface area contributed by atoms with Gasteiger partial charge in [0.05, 0.1) is 12.8 Å². The molecular weight excluding hydrogens is 240 g/mol. The monoisotopic (exact) mass is 252 g/mol. The van der Waals surface area contributed by atoms with Crippen molar-refractivity contribution < 1.29 is 44.4 Å². The molecule has 0 rings (SSSR count). The molecular formula is C8H12O9. The van der Waals surface area contributed by atoms with Crippen LogP contribution < -0.4 is 0 Å². The number of carbonyl (C=O) groups excluding carboxylic acids is 1. The van der Waals surface area contributed by atoms with Gasteiger partial charge in [0.2, 0.25) is 5.78 Å². The predicted octanol–water partition coefficient (Wildman–Crippen LogP) is -0.703. The lowest BCUT2D eigenvalue weighted by molar-refractivity contribution is -0.148. The van der Waals surface area contributed by atoms with Gasteiger partial charge in [-0.25, -0.2) is 4.79 Å². The second-order valence-corrected chi connectivity index (χ2v) is 2.25. The van der Waals surface area contributed by atoms with Gasteiger partial charge in [-0.15, -0.1) is 0 Å². The van der Waals surface area contributed by atoms with Gasteiger partial charge in [-0.3, -0.25) is 19.2 Å². The fourth-order valence-corrected chi connectivity index (χ4v) is 0.214. The van der Waals surface area contributed by atoms with Crippen LogP contribution in [-0.2, 0) is 24.0 Å². The van der Waals surface area contributed by atoms with Gasteiger partial charge in [-0.1, -0.05) is 0 Å². The Labute approximate surface area is 95.3 Å². The molecule has 0 aromatic carbocycles. The van der Waals surface area contributed by atoms with Crippen LogP contribution in [0, 0.1) is 0 Å². The van der Waals surface area contributed by atoms with E-state index in [2.05, 4.69) is 0 Å². The van der Waals surface area contributed by atoms with Gasteiger partial charge in [-0.2, -0.15) is 0 Å². The molecule has 0 bridgehead atoms. The molecule has 0 spiro atoms. The summed E-state index contributed by atoms with van der Waals surface area (Å²) < 4.78 is 0. The van der Waals surface area contributed by atoms with Gasteiger partial charge in [0, 0.05) is 6.92 Å². The first-order valence-electron chi connectivity index (χ1n) is 3.94. The number of carboxylic acids is 3. The van der Waals surface area contributed by atoms with Crippen molar-refractivity contribution in [3.05, 3.63) is 0 Å². The molecule has 17 heavy (non-hydrogen) atoms. The molecule has 0 saturated heterocycles. The van der Waals surface area contributed by atoms with E-state index in [1.54, 1.807) is 0 Å². The lowest BCUT2D eigenvalue weighted by Crippen LogP contribution is -2.05. The van der Waals surface area contributed by atoms with E-state index in [-0.39, 0.29) is 19.3 Å². The first-order valence-corrected chi connectivity index (χ1v) is 3.94. The Morgan fingerprint density at radius 2 is 1.12 bits per heavy atom. The number of aliphatic carboxylic acids is 3. The maximum absolute atomic E-state index is 9.64. The molecule has 0 aliphatic rings. The molecule has 0 aliphatic heterocycles. The summed E-state index contributed by atoms with van der Waals surface area (Å²) in [7, 11) is 0. The van der Waals surface area contributed by atoms with E-state index >= 15 is 0 Å². The Bertz CT molecular complexity index is 255. The summed E-state index contributed by atoms with van der Waals surface area (Å²) in [4.78, 5) is 46.5. The molecule has 0 fully saturated rings. The van der Waals surface area contributed by atoms with E-state index in [4.69, 9.17) is 25.2 Å². The summed E-state index contributed by atoms with van der Waals surface area (Å²) in [6.07, 6.45) is -0.593. The molecule has 0 aromatic heterocycles. The SMILES string of the molecule is CC(=O)C(=O)O.O=C(O)CCC(=O)O.O=CO. The van der Waals surface area contributed by atoms with Gasteiger partial charge in [0.1, 0.15) is 0 Å². The van der Waals surface area contributed by atoms with Crippen LogP contribution in [0.25, 0.3) is 0 Å². The van der Waals surface area contributed by atoms with E-state index in [1.165, 1.54) is 0 Å². The average Bonchev–Trinajstić information content (AvgIpc) is 2.16. The minimum Gasteiger partial charge on any atom is -0.483 e. The van der Waals surface area contributed by atoms with Crippen molar-refractivity contribution in [2.45, 2.75) is 19.8 Å². The quantitative estimate of drug-likeness (QED) is 0.373. The lowest BCUT2D eigenvalue weighted by atomic mass is 10.3. The molecule has 0 aromatic rings. The van der Waals surface area contributed by atoms with Gasteiger partial charge in [-0.05, 0) is 0 Å². The molecule has 4 N–H and O–H groups in total. The topological polar surface area (TPSA) is 166 Å². The van der Waals surface area contributed by atoms with Crippen LogP contribution in [-0.4, -0.2) is 50.6 Å². The molecule has 98 valence electrons. The van der Waals surface area contributed by atoms with Crippen LogP contribution in [0.5, 0.6) is 0 Å². The van der Waals surface area contributed by atoms with Crippen molar-refractivity contribution in [2.24, 2.45) is 0 Å². The van der Waals surface area contributed by atoms with Crippen LogP contribution >= 0.6 is 0 Å². The standard InChI is InChI=1S/C4H6O4.C3H4O3.CH2O2/c5-3(6)1-2-4(7)8;1-2(4)3(5)6;2-1-3/h1-2H2,(H,5,6)(H,7,8);1H3,(H,5,6);1H,(H,2,3). The number of Topliss-reactive ketones (excluding diaryl/α,β-unsaturated/α-hetero) is 1. The first kappa shape index (κ1) is 20.0. The van der Waals surface area contributed by atoms with Crippen LogP contribution in [0.4, 0.5) is 0 Å². The number of hydrogen-bond donors (Lipinski definition) is 4. The van der Waals surface area contributed by atoms with Gasteiger partial charge in [0.15, 0.2) is 0 Å². The number of carboxylic acid groups (broad SMARTS) is 4. The number of hydrogen-bond acceptors (Lipinski definition) is 5. The van der Waals surface area contributed by atoms with E-state index in [0.717, 1.165) is 6.92 Å². The molecule has 0 unspecified atom stereocenters. The van der Waals surface area contributed by atoms with E-state index in [1.807, 2.05) is 0 Å². The zero-order valence-electron chi connectivity index (χ0n) is 8.82. The highest BCUT2D eigenvalue weighted by atomic mass is 16.4. The Morgan fingerprint density at radius 3 is 1.18 bits per heavy atom. The maximum atomic E-state index is 9.64. The van der Waals surface area contributed by atoms with Crippen LogP contribution in [0.3, 0.4) is 0 Å². The van der Waals surface area contributed by atoms with Crippen molar-refractivity contribution >= 4 is 30.2 Å². The fourth-order valence-electron chi connectivity index (χ4n) is 0.214. The lowest BCUT2D eigenvalue weighted by Gasteiger charge is -1.85. The van der Waals surface area contributed by atoms with Crippen molar-refractivity contribution in [2.75, 3.05) is 0 Å². The molecule has 0 atom stereocenters. The van der Waals surface area contributed by atoms with Gasteiger partial charge >= 0.3 is 17.9 Å². The second-order valence-electron chi connectivity index (χ2n) is 2.25. The van der Waals surface area contributed by atoms with Gasteiger partial charge < -0.3 is 20.4 Å². The predicted molar refractivity (Wildman–Crippen MR) is 51.5 cm³/mol. The zero-order valence-corrected chi connectivity index (χ0v) is 8.82. The second kappa shape index (κ2) is 13.5. The highest BCUT2D eigenvalue weighted by molar-refractivity contribution is 6.31. The van der Waals surface area contributed by atoms with E-state index in [9.17, 15) is 19.2 Å². The normalized spacial score (nSPS) is 7.35. The highest BCUT2D eigenvalue weighted by Gasteiger charge is 2.00. The van der Waals surface area contributed by atoms with E-state index in [0.29, 0.717) is 0 Å². The van der Waals surface area contributed by atoms with Crippen LogP contribution in [0.1, 0.15) is 19.8 Å². The third-order valence-corrected chi connectivity index (χ3v) is 0.854. The largest absolute Gasteiger partial charge is 0.483 e. The Balaban J connectivity index is -0.000000193. The summed E-state index contributed by atoms with van der Waals surface area (Å²) in [5.41, 5.74) is 0. The Morgan fingerprint density at radius 1 is 0.941 bits per heavy atom. The van der Waals surface area contributed by atoms with Gasteiger partial charge in [0.25, 0.3) is 6.47 Å². The Hall–Kier alpha value is -2.45. The molecule has 0 aliphatic carbocycles. The van der Waals surface area contributed by atoms with Crippen molar-refractivity contribution in [1.82, 2.24) is 0 Å². The van der Waals surface area contributed by atoms with Crippen molar-refractivity contribution in [3.63, 3.8) is 0 Å². The summed E-state index contributed by atoms with van der Waals surface area (Å²) in [5, 5.41) is 30.3. The Kier molecular flexibility index (Phi) is 16.0. The highest BCUT2D eigenvalue weighted by Crippen LogP contribution is 1.86. The summed E-state index contributed by atoms with van der Waals surface area (Å²) in [5.74, 6) is -4.36. The number of rotatable bonds is 4. The molecule has 0 radical (unpaired) electrons. The fraction of sp³-hybridized carbons (Fsp3) is 0.375. The van der Waals surface area contributed by atoms with E-state index < -0.39 is 23.7 Å². The molecule has 0 saturated carbocycles. The zero-order chi connectivity index (χ0) is 14.4. The first-order chi connectivity index (χ1) is 7.68.